The van der Waals surface area contributed by atoms with Gasteiger partial charge in [0.2, 0.25) is 10.0 Å². The summed E-state index contributed by atoms with van der Waals surface area (Å²) in [5.41, 5.74) is -0.380. The van der Waals surface area contributed by atoms with Gasteiger partial charge in [-0.3, -0.25) is 10.1 Å². The van der Waals surface area contributed by atoms with Crippen molar-refractivity contribution in [1.29, 1.82) is 0 Å². The van der Waals surface area contributed by atoms with Crippen LogP contribution in [-0.4, -0.2) is 25.9 Å². The standard InChI is InChI=1S/C13H19N3O4S/c1-13(7-3-4-8-13)15-21(19,20)12-9-10(16(17)18)5-6-11(12)14-2/h5-6,9,14-15H,3-4,7-8H2,1-2H3. The summed E-state index contributed by atoms with van der Waals surface area (Å²) in [6.45, 7) is 1.87. The van der Waals surface area contributed by atoms with Crippen LogP contribution in [0.4, 0.5) is 11.4 Å². The summed E-state index contributed by atoms with van der Waals surface area (Å²) in [7, 11) is -2.24. The molecule has 0 bridgehead atoms. The zero-order valence-corrected chi connectivity index (χ0v) is 12.9. The molecule has 0 atom stereocenters. The molecule has 8 heteroatoms. The average Bonchev–Trinajstić information content (AvgIpc) is 2.83. The van der Waals surface area contributed by atoms with Crippen molar-refractivity contribution in [2.24, 2.45) is 0 Å². The van der Waals surface area contributed by atoms with Gasteiger partial charge in [-0.25, -0.2) is 13.1 Å². The SMILES string of the molecule is CNc1ccc([N+](=O)[O-])cc1S(=O)(=O)NC1(C)CCCC1. The highest BCUT2D eigenvalue weighted by atomic mass is 32.2. The Labute approximate surface area is 123 Å². The number of nitro benzene ring substituents is 1. The van der Waals surface area contributed by atoms with Gasteiger partial charge in [-0.1, -0.05) is 12.8 Å². The molecule has 1 saturated carbocycles. The van der Waals surface area contributed by atoms with Crippen LogP contribution in [0.3, 0.4) is 0 Å². The molecule has 0 aromatic heterocycles. The zero-order chi connectivity index (χ0) is 15.7. The Balaban J connectivity index is 2.42. The second-order valence-electron chi connectivity index (χ2n) is 5.56. The lowest BCUT2D eigenvalue weighted by atomic mass is 10.0. The summed E-state index contributed by atoms with van der Waals surface area (Å²) in [5, 5.41) is 13.6. The van der Waals surface area contributed by atoms with E-state index in [1.807, 2.05) is 6.92 Å². The van der Waals surface area contributed by atoms with Gasteiger partial charge in [-0.2, -0.15) is 0 Å². The van der Waals surface area contributed by atoms with E-state index in [9.17, 15) is 18.5 Å². The average molecular weight is 313 g/mol. The maximum Gasteiger partial charge on any atom is 0.270 e. The van der Waals surface area contributed by atoms with Crippen molar-refractivity contribution in [3.05, 3.63) is 28.3 Å². The number of hydrogen-bond acceptors (Lipinski definition) is 5. The second-order valence-corrected chi connectivity index (χ2v) is 7.21. The molecule has 0 unspecified atom stereocenters. The number of sulfonamides is 1. The van der Waals surface area contributed by atoms with Gasteiger partial charge in [-0.05, 0) is 25.8 Å². The number of hydrogen-bond donors (Lipinski definition) is 2. The molecule has 0 spiro atoms. The molecule has 0 saturated heterocycles. The summed E-state index contributed by atoms with van der Waals surface area (Å²) < 4.78 is 27.8. The summed E-state index contributed by atoms with van der Waals surface area (Å²) in [4.78, 5) is 10.2. The van der Waals surface area contributed by atoms with E-state index in [0.717, 1.165) is 31.7 Å². The highest BCUT2D eigenvalue weighted by molar-refractivity contribution is 7.89. The Morgan fingerprint density at radius 2 is 1.90 bits per heavy atom. The van der Waals surface area contributed by atoms with E-state index in [1.165, 1.54) is 12.1 Å². The molecule has 0 amide bonds. The Kier molecular flexibility index (Phi) is 4.20. The molecule has 0 heterocycles. The van der Waals surface area contributed by atoms with E-state index in [1.54, 1.807) is 7.05 Å². The molecular weight excluding hydrogens is 294 g/mol. The molecule has 1 aliphatic carbocycles. The molecule has 1 aromatic rings. The van der Waals surface area contributed by atoms with Gasteiger partial charge in [0.25, 0.3) is 5.69 Å². The Morgan fingerprint density at radius 1 is 1.29 bits per heavy atom. The lowest BCUT2D eigenvalue weighted by molar-refractivity contribution is -0.385. The van der Waals surface area contributed by atoms with Crippen LogP contribution in [0.25, 0.3) is 0 Å². The maximum atomic E-state index is 12.6. The van der Waals surface area contributed by atoms with Crippen molar-refractivity contribution in [3.63, 3.8) is 0 Å². The fraction of sp³-hybridized carbons (Fsp3) is 0.538. The molecule has 116 valence electrons. The van der Waals surface area contributed by atoms with Crippen LogP contribution in [0.2, 0.25) is 0 Å². The molecule has 0 radical (unpaired) electrons. The smallest absolute Gasteiger partial charge is 0.270 e. The monoisotopic (exact) mass is 313 g/mol. The lowest BCUT2D eigenvalue weighted by Crippen LogP contribution is -2.43. The number of benzene rings is 1. The summed E-state index contributed by atoms with van der Waals surface area (Å²) in [6.07, 6.45) is 3.51. The van der Waals surface area contributed by atoms with Gasteiger partial charge < -0.3 is 5.32 Å². The molecule has 7 nitrogen and oxygen atoms in total. The quantitative estimate of drug-likeness (QED) is 0.641. The van der Waals surface area contributed by atoms with Crippen molar-refractivity contribution in [2.75, 3.05) is 12.4 Å². The molecular formula is C13H19N3O4S. The third-order valence-electron chi connectivity index (χ3n) is 3.82. The molecule has 1 fully saturated rings. The van der Waals surface area contributed by atoms with Crippen molar-refractivity contribution in [2.45, 2.75) is 43.0 Å². The van der Waals surface area contributed by atoms with Crippen LogP contribution in [0.15, 0.2) is 23.1 Å². The second kappa shape index (κ2) is 5.61. The lowest BCUT2D eigenvalue weighted by Gasteiger charge is -2.25. The van der Waals surface area contributed by atoms with E-state index in [-0.39, 0.29) is 10.6 Å². The Morgan fingerprint density at radius 3 is 2.43 bits per heavy atom. The number of rotatable bonds is 5. The van der Waals surface area contributed by atoms with Gasteiger partial charge in [0.1, 0.15) is 4.90 Å². The fourth-order valence-corrected chi connectivity index (χ4v) is 4.39. The summed E-state index contributed by atoms with van der Waals surface area (Å²) in [6, 6.07) is 3.78. The van der Waals surface area contributed by atoms with Gasteiger partial charge in [0.05, 0.1) is 10.6 Å². The molecule has 0 aliphatic heterocycles. The summed E-state index contributed by atoms with van der Waals surface area (Å²) in [5.74, 6) is 0. The number of nitrogens with one attached hydrogen (secondary N) is 2. The van der Waals surface area contributed by atoms with Crippen LogP contribution in [0.5, 0.6) is 0 Å². The number of nitro groups is 1. The number of non-ortho nitro benzene ring substituents is 1. The first-order valence-electron chi connectivity index (χ1n) is 6.78. The number of anilines is 1. The van der Waals surface area contributed by atoms with Crippen molar-refractivity contribution < 1.29 is 13.3 Å². The normalized spacial score (nSPS) is 17.6. The summed E-state index contributed by atoms with van der Waals surface area (Å²) >= 11 is 0. The van der Waals surface area contributed by atoms with Crippen molar-refractivity contribution in [1.82, 2.24) is 4.72 Å². The minimum Gasteiger partial charge on any atom is -0.387 e. The van der Waals surface area contributed by atoms with Crippen LogP contribution < -0.4 is 10.0 Å². The third-order valence-corrected chi connectivity index (χ3v) is 5.50. The van der Waals surface area contributed by atoms with E-state index < -0.39 is 20.5 Å². The van der Waals surface area contributed by atoms with Gasteiger partial charge >= 0.3 is 0 Å². The van der Waals surface area contributed by atoms with Crippen LogP contribution in [0, 0.1) is 10.1 Å². The van der Waals surface area contributed by atoms with Gasteiger partial charge in [0.15, 0.2) is 0 Å². The Hall–Kier alpha value is -1.67. The Bertz CT molecular complexity index is 651. The first-order chi connectivity index (χ1) is 9.77. The van der Waals surface area contributed by atoms with E-state index >= 15 is 0 Å². The minimum absolute atomic E-state index is 0.0904. The van der Waals surface area contributed by atoms with Crippen LogP contribution in [-0.2, 0) is 10.0 Å². The molecule has 2 N–H and O–H groups in total. The van der Waals surface area contributed by atoms with Crippen molar-refractivity contribution >= 4 is 21.4 Å². The molecule has 21 heavy (non-hydrogen) atoms. The molecule has 2 rings (SSSR count). The van der Waals surface area contributed by atoms with Gasteiger partial charge in [-0.15, -0.1) is 0 Å². The van der Waals surface area contributed by atoms with E-state index in [0.29, 0.717) is 5.69 Å². The molecule has 1 aromatic carbocycles. The van der Waals surface area contributed by atoms with E-state index in [2.05, 4.69) is 10.0 Å². The first-order valence-corrected chi connectivity index (χ1v) is 8.26. The largest absolute Gasteiger partial charge is 0.387 e. The van der Waals surface area contributed by atoms with Crippen LogP contribution in [0.1, 0.15) is 32.6 Å². The van der Waals surface area contributed by atoms with E-state index in [4.69, 9.17) is 0 Å². The maximum absolute atomic E-state index is 12.6. The predicted molar refractivity (Wildman–Crippen MR) is 79.8 cm³/mol. The third kappa shape index (κ3) is 3.33. The predicted octanol–water partition coefficient (Wildman–Crippen LogP) is 2.25. The zero-order valence-electron chi connectivity index (χ0n) is 12.0. The highest BCUT2D eigenvalue weighted by Gasteiger charge is 2.34. The minimum atomic E-state index is -3.82. The van der Waals surface area contributed by atoms with Crippen molar-refractivity contribution in [3.8, 4) is 0 Å². The highest BCUT2D eigenvalue weighted by Crippen LogP contribution is 2.33. The van der Waals surface area contributed by atoms with Crippen LogP contribution >= 0.6 is 0 Å². The number of nitrogens with zero attached hydrogens (tertiary/aromatic N) is 1. The molecule has 1 aliphatic rings. The topological polar surface area (TPSA) is 101 Å². The van der Waals surface area contributed by atoms with Gasteiger partial charge in [0, 0.05) is 24.7 Å². The first kappa shape index (κ1) is 15.7. The fourth-order valence-electron chi connectivity index (χ4n) is 2.69.